The van der Waals surface area contributed by atoms with Crippen molar-refractivity contribution < 1.29 is 8.78 Å². The Bertz CT molecular complexity index is 612. The van der Waals surface area contributed by atoms with Gasteiger partial charge in [0.25, 0.3) is 0 Å². The Balaban J connectivity index is 2.75. The van der Waals surface area contributed by atoms with E-state index in [4.69, 9.17) is 11.6 Å². The molecule has 2 nitrogen and oxygen atoms in total. The second kappa shape index (κ2) is 4.75. The van der Waals surface area contributed by atoms with Crippen molar-refractivity contribution in [2.45, 2.75) is 39.6 Å². The molecule has 0 saturated heterocycles. The first-order valence-electron chi connectivity index (χ1n) is 6.19. The van der Waals surface area contributed by atoms with Gasteiger partial charge in [0.1, 0.15) is 11.3 Å². The van der Waals surface area contributed by atoms with Crippen LogP contribution in [0.15, 0.2) is 12.1 Å². The third-order valence-electron chi connectivity index (χ3n) is 2.82. The van der Waals surface area contributed by atoms with Crippen LogP contribution in [0.4, 0.5) is 8.78 Å². The Morgan fingerprint density at radius 2 is 1.95 bits per heavy atom. The number of halogens is 3. The van der Waals surface area contributed by atoms with Crippen LogP contribution in [0.1, 0.15) is 38.9 Å². The summed E-state index contributed by atoms with van der Waals surface area (Å²) >= 11 is 6.10. The van der Waals surface area contributed by atoms with Crippen molar-refractivity contribution in [3.8, 4) is 0 Å². The van der Waals surface area contributed by atoms with Gasteiger partial charge < -0.3 is 4.57 Å². The van der Waals surface area contributed by atoms with Crippen LogP contribution in [0, 0.1) is 17.0 Å². The number of aromatic nitrogens is 2. The predicted molar refractivity (Wildman–Crippen MR) is 73.4 cm³/mol. The van der Waals surface area contributed by atoms with E-state index >= 15 is 0 Å². The van der Waals surface area contributed by atoms with Crippen LogP contribution < -0.4 is 0 Å². The summed E-state index contributed by atoms with van der Waals surface area (Å²) in [4.78, 5) is 4.32. The topological polar surface area (TPSA) is 17.8 Å². The Morgan fingerprint density at radius 1 is 1.32 bits per heavy atom. The number of alkyl halides is 1. The lowest BCUT2D eigenvalue weighted by Gasteiger charge is -2.22. The van der Waals surface area contributed by atoms with E-state index in [1.807, 2.05) is 20.8 Å². The number of imidazole rings is 1. The Kier molecular flexibility index (Phi) is 3.56. The third-order valence-corrected chi connectivity index (χ3v) is 3.01. The first kappa shape index (κ1) is 14.3. The molecule has 19 heavy (non-hydrogen) atoms. The summed E-state index contributed by atoms with van der Waals surface area (Å²) in [5.74, 6) is -1.16. The average Bonchev–Trinajstić information content (AvgIpc) is 2.61. The molecular weight excluding hydrogens is 270 g/mol. The summed E-state index contributed by atoms with van der Waals surface area (Å²) in [6.45, 7) is 8.38. The molecule has 1 atom stereocenters. The van der Waals surface area contributed by atoms with E-state index < -0.39 is 11.6 Å². The van der Waals surface area contributed by atoms with Crippen LogP contribution in [0.25, 0.3) is 11.0 Å². The van der Waals surface area contributed by atoms with Gasteiger partial charge in [-0.1, -0.05) is 20.8 Å². The van der Waals surface area contributed by atoms with E-state index in [1.165, 1.54) is 6.07 Å². The van der Waals surface area contributed by atoms with Gasteiger partial charge in [0.2, 0.25) is 0 Å². The predicted octanol–water partition coefficient (Wildman–Crippen LogP) is 4.66. The molecule has 5 heteroatoms. The van der Waals surface area contributed by atoms with Crippen molar-refractivity contribution in [1.82, 2.24) is 9.55 Å². The summed E-state index contributed by atoms with van der Waals surface area (Å²) in [5, 5.41) is -0.364. The first-order chi connectivity index (χ1) is 8.70. The van der Waals surface area contributed by atoms with Gasteiger partial charge in [0.05, 0.1) is 10.9 Å². The SMILES string of the molecule is CC(Cl)c1nc2ccc(F)c(F)c2n1CC(C)(C)C. The minimum atomic E-state index is -0.865. The molecule has 1 heterocycles. The molecule has 0 N–H and O–H groups in total. The zero-order valence-electron chi connectivity index (χ0n) is 11.5. The largest absolute Gasteiger partial charge is 0.324 e. The molecule has 2 rings (SSSR count). The Morgan fingerprint density at radius 3 is 2.47 bits per heavy atom. The monoisotopic (exact) mass is 286 g/mol. The molecule has 0 spiro atoms. The van der Waals surface area contributed by atoms with Crippen molar-refractivity contribution >= 4 is 22.6 Å². The number of benzene rings is 1. The van der Waals surface area contributed by atoms with Crippen LogP contribution in [-0.2, 0) is 6.54 Å². The maximum Gasteiger partial charge on any atom is 0.184 e. The number of rotatable bonds is 2. The van der Waals surface area contributed by atoms with Crippen LogP contribution in [0.2, 0.25) is 0 Å². The van der Waals surface area contributed by atoms with Gasteiger partial charge in [-0.25, -0.2) is 13.8 Å². The highest BCUT2D eigenvalue weighted by molar-refractivity contribution is 6.20. The molecule has 0 amide bonds. The highest BCUT2D eigenvalue weighted by Crippen LogP contribution is 2.30. The lowest BCUT2D eigenvalue weighted by atomic mass is 9.96. The highest BCUT2D eigenvalue weighted by atomic mass is 35.5. The molecule has 0 aliphatic rings. The lowest BCUT2D eigenvalue weighted by molar-refractivity contribution is 0.341. The van der Waals surface area contributed by atoms with Crippen LogP contribution in [0.3, 0.4) is 0 Å². The van der Waals surface area contributed by atoms with E-state index in [-0.39, 0.29) is 16.3 Å². The van der Waals surface area contributed by atoms with E-state index in [1.54, 1.807) is 11.5 Å². The second-order valence-electron chi connectivity index (χ2n) is 5.96. The number of fused-ring (bicyclic) bond motifs is 1. The van der Waals surface area contributed by atoms with E-state index in [0.717, 1.165) is 6.07 Å². The van der Waals surface area contributed by atoms with Crippen LogP contribution >= 0.6 is 11.6 Å². The Hall–Kier alpha value is -1.16. The van der Waals surface area contributed by atoms with Gasteiger partial charge in [-0.15, -0.1) is 11.6 Å². The van der Waals surface area contributed by atoms with E-state index in [2.05, 4.69) is 4.98 Å². The summed E-state index contributed by atoms with van der Waals surface area (Å²) in [5.41, 5.74) is 0.537. The molecule has 104 valence electrons. The van der Waals surface area contributed by atoms with Crippen LogP contribution in [0.5, 0.6) is 0 Å². The van der Waals surface area contributed by atoms with E-state index in [9.17, 15) is 8.78 Å². The summed E-state index contributed by atoms with van der Waals surface area (Å²) in [7, 11) is 0. The summed E-state index contributed by atoms with van der Waals surface area (Å²) in [6.07, 6.45) is 0. The van der Waals surface area contributed by atoms with Crippen molar-refractivity contribution in [1.29, 1.82) is 0 Å². The molecular formula is C14H17ClF2N2. The minimum absolute atomic E-state index is 0.0904. The van der Waals surface area contributed by atoms with E-state index in [0.29, 0.717) is 17.9 Å². The number of hydrogen-bond acceptors (Lipinski definition) is 1. The normalized spacial score (nSPS) is 14.1. The zero-order chi connectivity index (χ0) is 14.4. The molecule has 2 aromatic rings. The standard InChI is InChI=1S/C14H17ClF2N2/c1-8(15)13-18-10-6-5-9(16)11(17)12(10)19(13)7-14(2,3)4/h5-6,8H,7H2,1-4H3. The average molecular weight is 287 g/mol. The fourth-order valence-corrected chi connectivity index (χ4v) is 2.28. The first-order valence-corrected chi connectivity index (χ1v) is 6.62. The molecule has 0 bridgehead atoms. The van der Waals surface area contributed by atoms with Gasteiger partial charge >= 0.3 is 0 Å². The van der Waals surface area contributed by atoms with Crippen molar-refractivity contribution in [3.05, 3.63) is 29.6 Å². The fraction of sp³-hybridized carbons (Fsp3) is 0.500. The minimum Gasteiger partial charge on any atom is -0.324 e. The Labute approximate surface area is 116 Å². The molecule has 0 aliphatic heterocycles. The maximum atomic E-state index is 14.0. The van der Waals surface area contributed by atoms with Crippen molar-refractivity contribution in [2.75, 3.05) is 0 Å². The second-order valence-corrected chi connectivity index (χ2v) is 6.62. The quantitative estimate of drug-likeness (QED) is 0.734. The third kappa shape index (κ3) is 2.73. The highest BCUT2D eigenvalue weighted by Gasteiger charge is 2.23. The zero-order valence-corrected chi connectivity index (χ0v) is 12.2. The summed E-state index contributed by atoms with van der Waals surface area (Å²) in [6, 6.07) is 2.57. The van der Waals surface area contributed by atoms with Gasteiger partial charge in [-0.05, 0) is 24.5 Å². The van der Waals surface area contributed by atoms with Crippen molar-refractivity contribution in [2.24, 2.45) is 5.41 Å². The molecule has 1 unspecified atom stereocenters. The molecule has 1 aromatic carbocycles. The maximum absolute atomic E-state index is 14.0. The van der Waals surface area contributed by atoms with Gasteiger partial charge in [0.15, 0.2) is 11.6 Å². The molecule has 1 aromatic heterocycles. The molecule has 0 aliphatic carbocycles. The molecule has 0 saturated carbocycles. The van der Waals surface area contributed by atoms with Gasteiger partial charge in [0, 0.05) is 6.54 Å². The van der Waals surface area contributed by atoms with Gasteiger partial charge in [-0.2, -0.15) is 0 Å². The van der Waals surface area contributed by atoms with Gasteiger partial charge in [-0.3, -0.25) is 0 Å². The smallest absolute Gasteiger partial charge is 0.184 e. The molecule has 0 radical (unpaired) electrons. The summed E-state index contributed by atoms with van der Waals surface area (Å²) < 4.78 is 29.1. The van der Waals surface area contributed by atoms with Crippen molar-refractivity contribution in [3.63, 3.8) is 0 Å². The lowest BCUT2D eigenvalue weighted by Crippen LogP contribution is -2.18. The number of nitrogens with zero attached hydrogens (tertiary/aromatic N) is 2. The van der Waals surface area contributed by atoms with Crippen LogP contribution in [-0.4, -0.2) is 9.55 Å². The molecule has 0 fully saturated rings. The number of hydrogen-bond donors (Lipinski definition) is 0. The fourth-order valence-electron chi connectivity index (χ4n) is 2.11.